The molecule has 0 atom stereocenters. The molecule has 0 saturated carbocycles. The summed E-state index contributed by atoms with van der Waals surface area (Å²) in [4.78, 5) is 25.9. The summed E-state index contributed by atoms with van der Waals surface area (Å²) in [6.45, 7) is 1.46. The van der Waals surface area contributed by atoms with Crippen molar-refractivity contribution < 1.29 is 9.72 Å². The summed E-state index contributed by atoms with van der Waals surface area (Å²) < 4.78 is 0. The molecular formula is C11H8N2O3S. The van der Waals surface area contributed by atoms with Gasteiger partial charge in [-0.3, -0.25) is 14.9 Å². The number of aromatic nitrogens is 1. The Hall–Kier alpha value is -2.08. The second-order valence-corrected chi connectivity index (χ2v) is 4.42. The van der Waals surface area contributed by atoms with Gasteiger partial charge in [0.2, 0.25) is 0 Å². The van der Waals surface area contributed by atoms with Crippen molar-refractivity contribution in [3.8, 4) is 10.6 Å². The minimum Gasteiger partial charge on any atom is -0.294 e. The van der Waals surface area contributed by atoms with E-state index in [1.165, 1.54) is 36.6 Å². The molecule has 0 saturated heterocycles. The summed E-state index contributed by atoms with van der Waals surface area (Å²) >= 11 is 1.23. The highest BCUT2D eigenvalue weighted by molar-refractivity contribution is 7.16. The molecule has 6 heteroatoms. The smallest absolute Gasteiger partial charge is 0.270 e. The average Bonchev–Trinajstić information content (AvgIpc) is 2.78. The van der Waals surface area contributed by atoms with Crippen molar-refractivity contribution in [2.45, 2.75) is 6.92 Å². The van der Waals surface area contributed by atoms with Crippen LogP contribution in [0, 0.1) is 10.1 Å². The summed E-state index contributed by atoms with van der Waals surface area (Å²) in [5.41, 5.74) is 0.666. The van der Waals surface area contributed by atoms with Crippen LogP contribution in [-0.4, -0.2) is 15.7 Å². The van der Waals surface area contributed by atoms with E-state index < -0.39 is 4.92 Å². The molecule has 0 fully saturated rings. The zero-order chi connectivity index (χ0) is 12.4. The highest BCUT2D eigenvalue weighted by atomic mass is 32.1. The molecule has 0 aliphatic carbocycles. The van der Waals surface area contributed by atoms with Crippen molar-refractivity contribution in [1.82, 2.24) is 4.98 Å². The van der Waals surface area contributed by atoms with Gasteiger partial charge in [-0.15, -0.1) is 11.3 Å². The van der Waals surface area contributed by atoms with Gasteiger partial charge in [0.1, 0.15) is 5.01 Å². The van der Waals surface area contributed by atoms with E-state index in [4.69, 9.17) is 0 Å². The molecule has 0 amide bonds. The van der Waals surface area contributed by atoms with E-state index in [-0.39, 0.29) is 11.5 Å². The lowest BCUT2D eigenvalue weighted by Gasteiger charge is -1.95. The predicted octanol–water partition coefficient (Wildman–Crippen LogP) is 2.92. The Morgan fingerprint density at radius 1 is 1.47 bits per heavy atom. The molecule has 2 rings (SSSR count). The van der Waals surface area contributed by atoms with Gasteiger partial charge < -0.3 is 0 Å². The van der Waals surface area contributed by atoms with Crippen molar-refractivity contribution in [2.24, 2.45) is 0 Å². The van der Waals surface area contributed by atoms with E-state index in [1.54, 1.807) is 12.1 Å². The van der Waals surface area contributed by atoms with Gasteiger partial charge in [-0.1, -0.05) is 12.1 Å². The number of ketones is 1. The third-order valence-corrected chi connectivity index (χ3v) is 3.30. The van der Waals surface area contributed by atoms with E-state index in [0.29, 0.717) is 15.4 Å². The molecule has 2 aromatic rings. The number of carbonyl (C=O) groups excluding carboxylic acids is 1. The zero-order valence-corrected chi connectivity index (χ0v) is 9.73. The average molecular weight is 248 g/mol. The highest BCUT2D eigenvalue weighted by Crippen LogP contribution is 2.27. The van der Waals surface area contributed by atoms with Crippen LogP contribution in [0.4, 0.5) is 5.69 Å². The number of nitro benzene ring substituents is 1. The van der Waals surface area contributed by atoms with Crippen LogP contribution in [0.3, 0.4) is 0 Å². The molecule has 0 aliphatic heterocycles. The molecule has 86 valence electrons. The van der Waals surface area contributed by atoms with E-state index in [0.717, 1.165) is 0 Å². The van der Waals surface area contributed by atoms with Crippen LogP contribution in [0.5, 0.6) is 0 Å². The van der Waals surface area contributed by atoms with Gasteiger partial charge in [0.25, 0.3) is 5.69 Å². The predicted molar refractivity (Wildman–Crippen MR) is 64.2 cm³/mol. The molecule has 0 bridgehead atoms. The lowest BCUT2D eigenvalue weighted by atomic mass is 10.2. The number of benzene rings is 1. The van der Waals surface area contributed by atoms with E-state index in [1.807, 2.05) is 0 Å². The maximum absolute atomic E-state index is 11.1. The molecule has 0 spiro atoms. The van der Waals surface area contributed by atoms with Gasteiger partial charge in [-0.05, 0) is 0 Å². The van der Waals surface area contributed by atoms with Gasteiger partial charge in [-0.25, -0.2) is 4.98 Å². The fraction of sp³-hybridized carbons (Fsp3) is 0.0909. The Morgan fingerprint density at radius 3 is 2.82 bits per heavy atom. The zero-order valence-electron chi connectivity index (χ0n) is 8.91. The van der Waals surface area contributed by atoms with Crippen LogP contribution < -0.4 is 0 Å². The van der Waals surface area contributed by atoms with Crippen LogP contribution in [0.2, 0.25) is 0 Å². The number of hydrogen-bond donors (Lipinski definition) is 0. The summed E-state index contributed by atoms with van der Waals surface area (Å²) in [7, 11) is 0. The largest absolute Gasteiger partial charge is 0.294 e. The third-order valence-electron chi connectivity index (χ3n) is 2.16. The number of rotatable bonds is 3. The molecule has 0 aliphatic rings. The van der Waals surface area contributed by atoms with Gasteiger partial charge in [0, 0.05) is 30.8 Å². The van der Waals surface area contributed by atoms with E-state index in [9.17, 15) is 14.9 Å². The highest BCUT2D eigenvalue weighted by Gasteiger charge is 2.11. The third kappa shape index (κ3) is 2.36. The lowest BCUT2D eigenvalue weighted by Crippen LogP contribution is -1.87. The molecule has 0 unspecified atom stereocenters. The normalized spacial score (nSPS) is 10.2. The topological polar surface area (TPSA) is 73.1 Å². The minimum absolute atomic E-state index is 0.0158. The van der Waals surface area contributed by atoms with E-state index >= 15 is 0 Å². The van der Waals surface area contributed by atoms with Gasteiger partial charge in [0.15, 0.2) is 5.78 Å². The van der Waals surface area contributed by atoms with Crippen LogP contribution in [0.1, 0.15) is 16.6 Å². The number of thiazole rings is 1. The molecule has 1 heterocycles. The first-order valence-corrected chi connectivity index (χ1v) is 5.61. The summed E-state index contributed by atoms with van der Waals surface area (Å²) in [5.74, 6) is -0.0563. The van der Waals surface area contributed by atoms with Crippen molar-refractivity contribution in [3.05, 3.63) is 45.5 Å². The number of nitrogens with zero attached hydrogens (tertiary/aromatic N) is 2. The van der Waals surface area contributed by atoms with Crippen LogP contribution in [0.15, 0.2) is 30.5 Å². The maximum atomic E-state index is 11.1. The Balaban J connectivity index is 2.42. The molecule has 0 radical (unpaired) electrons. The summed E-state index contributed by atoms with van der Waals surface area (Å²) in [6, 6.07) is 6.20. The molecule has 1 aromatic carbocycles. The first-order chi connectivity index (χ1) is 8.08. The fourth-order valence-electron chi connectivity index (χ4n) is 1.32. The monoisotopic (exact) mass is 248 g/mol. The first kappa shape index (κ1) is 11.4. The quantitative estimate of drug-likeness (QED) is 0.475. The van der Waals surface area contributed by atoms with Gasteiger partial charge in [0.05, 0.1) is 9.80 Å². The Kier molecular flexibility index (Phi) is 2.97. The van der Waals surface area contributed by atoms with Crippen molar-refractivity contribution in [1.29, 1.82) is 0 Å². The first-order valence-electron chi connectivity index (χ1n) is 4.79. The standard InChI is InChI=1S/C11H8N2O3S/c1-7(14)10-6-12-11(17-10)8-3-2-4-9(5-8)13(15)16/h2-6H,1H3. The number of nitro groups is 1. The van der Waals surface area contributed by atoms with Gasteiger partial charge >= 0.3 is 0 Å². The van der Waals surface area contributed by atoms with E-state index in [2.05, 4.69) is 4.98 Å². The Morgan fingerprint density at radius 2 is 2.24 bits per heavy atom. The number of hydrogen-bond acceptors (Lipinski definition) is 5. The van der Waals surface area contributed by atoms with Crippen molar-refractivity contribution in [2.75, 3.05) is 0 Å². The van der Waals surface area contributed by atoms with Crippen LogP contribution in [0.25, 0.3) is 10.6 Å². The molecule has 1 aromatic heterocycles. The lowest BCUT2D eigenvalue weighted by molar-refractivity contribution is -0.384. The number of carbonyl (C=O) groups is 1. The fourth-order valence-corrected chi connectivity index (χ4v) is 2.13. The number of non-ortho nitro benzene ring substituents is 1. The molecule has 0 N–H and O–H groups in total. The van der Waals surface area contributed by atoms with Crippen molar-refractivity contribution in [3.63, 3.8) is 0 Å². The maximum Gasteiger partial charge on any atom is 0.270 e. The van der Waals surface area contributed by atoms with Crippen molar-refractivity contribution >= 4 is 22.8 Å². The molecule has 17 heavy (non-hydrogen) atoms. The Bertz CT molecular complexity index is 592. The molecular weight excluding hydrogens is 240 g/mol. The SMILES string of the molecule is CC(=O)c1cnc(-c2cccc([N+](=O)[O-])c2)s1. The number of Topliss-reactive ketones (excluding diaryl/α,β-unsaturated/α-hetero) is 1. The Labute approximate surface area is 101 Å². The second-order valence-electron chi connectivity index (χ2n) is 3.39. The van der Waals surface area contributed by atoms with Crippen LogP contribution in [-0.2, 0) is 0 Å². The van der Waals surface area contributed by atoms with Crippen LogP contribution >= 0.6 is 11.3 Å². The summed E-state index contributed by atoms with van der Waals surface area (Å²) in [6.07, 6.45) is 1.49. The van der Waals surface area contributed by atoms with Gasteiger partial charge in [-0.2, -0.15) is 0 Å². The summed E-state index contributed by atoms with van der Waals surface area (Å²) in [5, 5.41) is 11.2. The molecule has 5 nitrogen and oxygen atoms in total. The second kappa shape index (κ2) is 4.42. The minimum atomic E-state index is -0.455.